The predicted molar refractivity (Wildman–Crippen MR) is 225 cm³/mol. The Bertz CT molecular complexity index is 2760. The van der Waals surface area contributed by atoms with E-state index in [0.717, 1.165) is 16.7 Å². The zero-order valence-electron chi connectivity index (χ0n) is 30.5. The van der Waals surface area contributed by atoms with Crippen molar-refractivity contribution in [1.29, 1.82) is 0 Å². The van der Waals surface area contributed by atoms with Gasteiger partial charge in [0.2, 0.25) is 0 Å². The van der Waals surface area contributed by atoms with Gasteiger partial charge in [-0.3, -0.25) is 0 Å². The summed E-state index contributed by atoms with van der Waals surface area (Å²) in [6.45, 7) is 0. The number of benzene rings is 8. The number of rotatable bonds is 5. The van der Waals surface area contributed by atoms with Gasteiger partial charge in [-0.25, -0.2) is 15.0 Å². The summed E-state index contributed by atoms with van der Waals surface area (Å²) in [7, 11) is 0. The number of nitrogens with zero attached hydrogens (tertiary/aromatic N) is 3. The lowest BCUT2D eigenvalue weighted by atomic mass is 9.51. The fourth-order valence-corrected chi connectivity index (χ4v) is 9.67. The lowest BCUT2D eigenvalue weighted by Gasteiger charge is -2.50. The first-order valence-electron chi connectivity index (χ1n) is 19.2. The van der Waals surface area contributed by atoms with E-state index in [-0.39, 0.29) is 0 Å². The van der Waals surface area contributed by atoms with Crippen LogP contribution in [-0.4, -0.2) is 15.0 Å². The molecule has 0 bridgehead atoms. The van der Waals surface area contributed by atoms with Crippen LogP contribution in [0.25, 0.3) is 45.3 Å². The Morgan fingerprint density at radius 3 is 1.09 bits per heavy atom. The Hall–Kier alpha value is -7.23. The van der Waals surface area contributed by atoms with Gasteiger partial charge in [0, 0.05) is 16.7 Å². The van der Waals surface area contributed by atoms with E-state index in [0.29, 0.717) is 17.5 Å². The van der Waals surface area contributed by atoms with Crippen molar-refractivity contribution in [2.45, 2.75) is 10.8 Å². The van der Waals surface area contributed by atoms with Gasteiger partial charge in [-0.1, -0.05) is 206 Å². The molecule has 0 amide bonds. The van der Waals surface area contributed by atoms with Gasteiger partial charge in [0.25, 0.3) is 0 Å². The van der Waals surface area contributed by atoms with Gasteiger partial charge >= 0.3 is 0 Å². The maximum Gasteiger partial charge on any atom is 0.164 e. The zero-order valence-corrected chi connectivity index (χ0v) is 30.5. The molecule has 1 aromatic heterocycles. The molecule has 0 fully saturated rings. The van der Waals surface area contributed by atoms with Crippen molar-refractivity contribution < 1.29 is 0 Å². The monoisotopic (exact) mass is 713 g/mol. The molecule has 11 rings (SSSR count). The van der Waals surface area contributed by atoms with E-state index in [4.69, 9.17) is 15.0 Å². The number of hydrogen-bond donors (Lipinski definition) is 0. The molecule has 56 heavy (non-hydrogen) atoms. The van der Waals surface area contributed by atoms with Crippen molar-refractivity contribution in [2.75, 3.05) is 0 Å². The van der Waals surface area contributed by atoms with Crippen LogP contribution in [-0.2, 0) is 10.8 Å². The minimum absolute atomic E-state index is 0.537. The summed E-state index contributed by atoms with van der Waals surface area (Å²) >= 11 is 0. The molecule has 1 spiro atoms. The van der Waals surface area contributed by atoms with Gasteiger partial charge in [-0.05, 0) is 61.7 Å². The first kappa shape index (κ1) is 32.2. The largest absolute Gasteiger partial charge is 0.208 e. The molecule has 0 saturated carbocycles. The van der Waals surface area contributed by atoms with E-state index in [2.05, 4.69) is 176 Å². The molecule has 0 saturated heterocycles. The van der Waals surface area contributed by atoms with E-state index in [1.165, 1.54) is 55.6 Å². The Kier molecular flexibility index (Phi) is 7.30. The smallest absolute Gasteiger partial charge is 0.164 e. The maximum atomic E-state index is 5.12. The fourth-order valence-electron chi connectivity index (χ4n) is 9.67. The highest BCUT2D eigenvalue weighted by atomic mass is 15.0. The Morgan fingerprint density at radius 2 is 0.607 bits per heavy atom. The molecule has 1 heterocycles. The molecule has 0 radical (unpaired) electrons. The van der Waals surface area contributed by atoms with E-state index in [9.17, 15) is 0 Å². The van der Waals surface area contributed by atoms with Crippen LogP contribution in [0.2, 0.25) is 0 Å². The minimum Gasteiger partial charge on any atom is -0.208 e. The maximum absolute atomic E-state index is 5.12. The SMILES string of the molecule is c1ccc(-c2nc(-c3ccccc3)nc(-c3ccc4c(c3)-c3ccccc3C43c4ccccc4C(c4ccccc4)(c4ccccc4)c4ccccc43)n2)cc1. The van der Waals surface area contributed by atoms with Crippen LogP contribution in [0.4, 0.5) is 0 Å². The minimum atomic E-state index is -0.561. The second-order valence-electron chi connectivity index (χ2n) is 14.7. The van der Waals surface area contributed by atoms with Crippen LogP contribution in [0, 0.1) is 0 Å². The summed E-state index contributed by atoms with van der Waals surface area (Å²) in [5, 5.41) is 0. The third-order valence-electron chi connectivity index (χ3n) is 11.9. The number of fused-ring (bicyclic) bond motifs is 9. The highest BCUT2D eigenvalue weighted by molar-refractivity contribution is 5.91. The predicted octanol–water partition coefficient (Wildman–Crippen LogP) is 11.9. The van der Waals surface area contributed by atoms with Gasteiger partial charge in [0.15, 0.2) is 17.5 Å². The molecule has 2 aliphatic carbocycles. The molecule has 0 atom stereocenters. The number of hydrogen-bond acceptors (Lipinski definition) is 3. The molecule has 2 aliphatic rings. The van der Waals surface area contributed by atoms with Gasteiger partial charge in [-0.2, -0.15) is 0 Å². The number of aromatic nitrogens is 3. The van der Waals surface area contributed by atoms with Crippen LogP contribution in [0.15, 0.2) is 212 Å². The van der Waals surface area contributed by atoms with Crippen molar-refractivity contribution in [2.24, 2.45) is 0 Å². The topological polar surface area (TPSA) is 38.7 Å². The van der Waals surface area contributed by atoms with Crippen molar-refractivity contribution in [3.8, 4) is 45.3 Å². The third kappa shape index (κ3) is 4.55. The van der Waals surface area contributed by atoms with Crippen LogP contribution in [0.5, 0.6) is 0 Å². The van der Waals surface area contributed by atoms with Crippen molar-refractivity contribution in [3.05, 3.63) is 257 Å². The molecule has 0 unspecified atom stereocenters. The summed E-state index contributed by atoms with van der Waals surface area (Å²) in [5.74, 6) is 1.95. The highest BCUT2D eigenvalue weighted by Crippen LogP contribution is 2.64. The third-order valence-corrected chi connectivity index (χ3v) is 11.9. The molecule has 3 heteroatoms. The van der Waals surface area contributed by atoms with Crippen molar-refractivity contribution in [3.63, 3.8) is 0 Å². The summed E-state index contributed by atoms with van der Waals surface area (Å²) in [6, 6.07) is 76.6. The normalized spacial score (nSPS) is 14.0. The molecule has 0 aliphatic heterocycles. The van der Waals surface area contributed by atoms with E-state index in [1.807, 2.05) is 36.4 Å². The second kappa shape index (κ2) is 12.7. The van der Waals surface area contributed by atoms with Gasteiger partial charge in [-0.15, -0.1) is 0 Å². The molecule has 8 aromatic carbocycles. The molecule has 262 valence electrons. The Labute approximate surface area is 326 Å². The summed E-state index contributed by atoms with van der Waals surface area (Å²) in [6.07, 6.45) is 0. The van der Waals surface area contributed by atoms with Gasteiger partial charge in [0.1, 0.15) is 0 Å². The molecule has 9 aromatic rings. The van der Waals surface area contributed by atoms with Gasteiger partial charge in [0.05, 0.1) is 10.8 Å². The van der Waals surface area contributed by atoms with Crippen LogP contribution >= 0.6 is 0 Å². The first-order chi connectivity index (χ1) is 27.8. The molecular formula is C53H35N3. The Balaban J connectivity index is 1.19. The highest BCUT2D eigenvalue weighted by Gasteiger charge is 2.56. The van der Waals surface area contributed by atoms with Crippen LogP contribution in [0.3, 0.4) is 0 Å². The summed E-state index contributed by atoms with van der Waals surface area (Å²) < 4.78 is 0. The van der Waals surface area contributed by atoms with Crippen LogP contribution < -0.4 is 0 Å². The molecular weight excluding hydrogens is 679 g/mol. The second-order valence-corrected chi connectivity index (χ2v) is 14.7. The molecule has 3 nitrogen and oxygen atoms in total. The fraction of sp³-hybridized carbons (Fsp3) is 0.0377. The van der Waals surface area contributed by atoms with Crippen molar-refractivity contribution >= 4 is 0 Å². The van der Waals surface area contributed by atoms with Crippen LogP contribution in [0.1, 0.15) is 44.5 Å². The van der Waals surface area contributed by atoms with Gasteiger partial charge < -0.3 is 0 Å². The quantitative estimate of drug-likeness (QED) is 0.178. The average molecular weight is 714 g/mol. The van der Waals surface area contributed by atoms with E-state index < -0.39 is 10.8 Å². The van der Waals surface area contributed by atoms with Crippen molar-refractivity contribution in [1.82, 2.24) is 15.0 Å². The lowest BCUT2D eigenvalue weighted by Crippen LogP contribution is -2.44. The standard InChI is InChI=1S/C53H35N3/c1-5-19-36(20-6-1)49-54-50(37-21-7-2-8-22-37)56-51(55-49)38-33-34-44-42(35-38)41-27-13-14-28-43(41)53(44)47-31-17-15-29-45(47)52(39-23-9-3-10-24-39,40-25-11-4-12-26-40)46-30-16-18-32-48(46)53/h1-35H. The van der Waals surface area contributed by atoms with E-state index in [1.54, 1.807) is 0 Å². The summed E-state index contributed by atoms with van der Waals surface area (Å²) in [5.41, 5.74) is 14.4. The zero-order chi connectivity index (χ0) is 37.1. The lowest BCUT2D eigenvalue weighted by molar-refractivity contribution is 0.623. The van der Waals surface area contributed by atoms with E-state index >= 15 is 0 Å². The Morgan fingerprint density at radius 1 is 0.250 bits per heavy atom. The average Bonchev–Trinajstić information content (AvgIpc) is 3.58. The molecule has 0 N–H and O–H groups in total. The summed E-state index contributed by atoms with van der Waals surface area (Å²) in [4.78, 5) is 15.2. The first-order valence-corrected chi connectivity index (χ1v) is 19.2.